The molecule has 0 aliphatic heterocycles. The molecule has 0 atom stereocenters. The van der Waals surface area contributed by atoms with Gasteiger partial charge in [0.25, 0.3) is 0 Å². The number of pyridine rings is 1. The SMILES string of the molecule is Cc1cccc(-c2nc(CC(=O)NCCc3ncc4ccccn34)c(C)o2)c1. The van der Waals surface area contributed by atoms with Crippen LogP contribution in [-0.2, 0) is 17.6 Å². The van der Waals surface area contributed by atoms with E-state index in [0.29, 0.717) is 30.3 Å². The average molecular weight is 374 g/mol. The van der Waals surface area contributed by atoms with Gasteiger partial charge in [0.15, 0.2) is 0 Å². The third-order valence-corrected chi connectivity index (χ3v) is 4.67. The Kier molecular flexibility index (Phi) is 4.93. The summed E-state index contributed by atoms with van der Waals surface area (Å²) in [6, 6.07) is 13.9. The fraction of sp³-hybridized carbons (Fsp3) is 0.227. The minimum Gasteiger partial charge on any atom is -0.441 e. The fourth-order valence-corrected chi connectivity index (χ4v) is 3.21. The van der Waals surface area contributed by atoms with Gasteiger partial charge in [0, 0.05) is 24.7 Å². The Morgan fingerprint density at radius 3 is 2.93 bits per heavy atom. The van der Waals surface area contributed by atoms with Crippen molar-refractivity contribution in [3.05, 3.63) is 77.7 Å². The van der Waals surface area contributed by atoms with Gasteiger partial charge < -0.3 is 14.1 Å². The van der Waals surface area contributed by atoms with Crippen LogP contribution in [0.3, 0.4) is 0 Å². The largest absolute Gasteiger partial charge is 0.441 e. The summed E-state index contributed by atoms with van der Waals surface area (Å²) in [6.07, 6.45) is 4.67. The van der Waals surface area contributed by atoms with Crippen molar-refractivity contribution in [1.82, 2.24) is 19.7 Å². The van der Waals surface area contributed by atoms with Crippen LogP contribution in [-0.4, -0.2) is 26.8 Å². The first kappa shape index (κ1) is 18.0. The first-order chi connectivity index (χ1) is 13.6. The summed E-state index contributed by atoms with van der Waals surface area (Å²) in [5.74, 6) is 2.07. The highest BCUT2D eigenvalue weighted by molar-refractivity contribution is 5.78. The number of aryl methyl sites for hydroxylation is 2. The molecule has 1 amide bonds. The normalized spacial score (nSPS) is 11.1. The number of carbonyl (C=O) groups is 1. The van der Waals surface area contributed by atoms with Crippen molar-refractivity contribution in [2.24, 2.45) is 0 Å². The van der Waals surface area contributed by atoms with Crippen LogP contribution in [0, 0.1) is 13.8 Å². The zero-order chi connectivity index (χ0) is 19.5. The molecule has 0 saturated carbocycles. The second-order valence-corrected chi connectivity index (χ2v) is 6.84. The molecule has 142 valence electrons. The number of amides is 1. The van der Waals surface area contributed by atoms with Crippen LogP contribution in [0.5, 0.6) is 0 Å². The second kappa shape index (κ2) is 7.68. The van der Waals surface area contributed by atoms with Crippen molar-refractivity contribution in [2.45, 2.75) is 26.7 Å². The summed E-state index contributed by atoms with van der Waals surface area (Å²) in [6.45, 7) is 4.39. The Hall–Kier alpha value is -3.41. The van der Waals surface area contributed by atoms with E-state index < -0.39 is 0 Å². The molecule has 6 nitrogen and oxygen atoms in total. The Morgan fingerprint density at radius 2 is 2.07 bits per heavy atom. The Balaban J connectivity index is 1.36. The predicted molar refractivity (Wildman–Crippen MR) is 107 cm³/mol. The van der Waals surface area contributed by atoms with E-state index in [9.17, 15) is 4.79 Å². The van der Waals surface area contributed by atoms with Crippen molar-refractivity contribution >= 4 is 11.4 Å². The summed E-state index contributed by atoms with van der Waals surface area (Å²) >= 11 is 0. The number of nitrogens with one attached hydrogen (secondary N) is 1. The highest BCUT2D eigenvalue weighted by Crippen LogP contribution is 2.22. The van der Waals surface area contributed by atoms with Crippen LogP contribution in [0.4, 0.5) is 0 Å². The summed E-state index contributed by atoms with van der Waals surface area (Å²) < 4.78 is 7.79. The monoisotopic (exact) mass is 374 g/mol. The van der Waals surface area contributed by atoms with Crippen molar-refractivity contribution < 1.29 is 9.21 Å². The molecule has 0 bridgehead atoms. The summed E-state index contributed by atoms with van der Waals surface area (Å²) in [5, 5.41) is 2.95. The van der Waals surface area contributed by atoms with Crippen molar-refractivity contribution in [3.63, 3.8) is 0 Å². The Morgan fingerprint density at radius 1 is 1.18 bits per heavy atom. The minimum atomic E-state index is -0.0759. The van der Waals surface area contributed by atoms with Crippen molar-refractivity contribution in [2.75, 3.05) is 6.54 Å². The molecule has 4 aromatic rings. The lowest BCUT2D eigenvalue weighted by Gasteiger charge is -2.04. The first-order valence-corrected chi connectivity index (χ1v) is 9.31. The van der Waals surface area contributed by atoms with Crippen LogP contribution < -0.4 is 5.32 Å². The molecule has 28 heavy (non-hydrogen) atoms. The topological polar surface area (TPSA) is 72.4 Å². The maximum absolute atomic E-state index is 12.3. The van der Waals surface area contributed by atoms with Crippen molar-refractivity contribution in [1.29, 1.82) is 0 Å². The predicted octanol–water partition coefficient (Wildman–Crippen LogP) is 3.51. The lowest BCUT2D eigenvalue weighted by Crippen LogP contribution is -2.28. The molecule has 6 heteroatoms. The van der Waals surface area contributed by atoms with E-state index in [2.05, 4.69) is 15.3 Å². The number of hydrogen-bond donors (Lipinski definition) is 1. The molecule has 3 heterocycles. The first-order valence-electron chi connectivity index (χ1n) is 9.31. The number of imidazole rings is 1. The molecule has 0 saturated heterocycles. The molecular weight excluding hydrogens is 352 g/mol. The maximum atomic E-state index is 12.3. The lowest BCUT2D eigenvalue weighted by atomic mass is 10.1. The Labute approximate surface area is 163 Å². The van der Waals surface area contributed by atoms with E-state index in [4.69, 9.17) is 4.42 Å². The van der Waals surface area contributed by atoms with Gasteiger partial charge in [0.05, 0.1) is 23.8 Å². The quantitative estimate of drug-likeness (QED) is 0.561. The van der Waals surface area contributed by atoms with Gasteiger partial charge in [-0.05, 0) is 38.1 Å². The van der Waals surface area contributed by atoms with E-state index in [1.54, 1.807) is 0 Å². The molecule has 0 aliphatic rings. The fourth-order valence-electron chi connectivity index (χ4n) is 3.21. The van der Waals surface area contributed by atoms with Crippen LogP contribution in [0.25, 0.3) is 17.0 Å². The van der Waals surface area contributed by atoms with E-state index in [0.717, 1.165) is 22.5 Å². The van der Waals surface area contributed by atoms with E-state index in [-0.39, 0.29) is 12.3 Å². The number of carbonyl (C=O) groups excluding carboxylic acids is 1. The second-order valence-electron chi connectivity index (χ2n) is 6.84. The van der Waals surface area contributed by atoms with Gasteiger partial charge in [0.1, 0.15) is 11.6 Å². The molecule has 0 fully saturated rings. The number of aromatic nitrogens is 3. The zero-order valence-electron chi connectivity index (χ0n) is 16.0. The van der Waals surface area contributed by atoms with Crippen LogP contribution in [0.15, 0.2) is 59.3 Å². The standard InChI is InChI=1S/C22H22N4O2/c1-15-6-5-7-17(12-15)22-25-19(16(2)28-22)13-21(27)23-10-9-20-24-14-18-8-3-4-11-26(18)20/h3-8,11-12,14H,9-10,13H2,1-2H3,(H,23,27). The smallest absolute Gasteiger partial charge is 0.226 e. The highest BCUT2D eigenvalue weighted by Gasteiger charge is 2.15. The number of benzene rings is 1. The van der Waals surface area contributed by atoms with Gasteiger partial charge in [-0.3, -0.25) is 4.79 Å². The molecular formula is C22H22N4O2. The molecule has 0 unspecified atom stereocenters. The molecule has 0 aliphatic carbocycles. The summed E-state index contributed by atoms with van der Waals surface area (Å²) in [7, 11) is 0. The van der Waals surface area contributed by atoms with E-state index >= 15 is 0 Å². The van der Waals surface area contributed by atoms with Gasteiger partial charge in [-0.25, -0.2) is 9.97 Å². The summed E-state index contributed by atoms with van der Waals surface area (Å²) in [5.41, 5.74) is 3.77. The number of fused-ring (bicyclic) bond motifs is 1. The van der Waals surface area contributed by atoms with Crippen LogP contribution in [0.2, 0.25) is 0 Å². The molecule has 1 aromatic carbocycles. The van der Waals surface area contributed by atoms with Crippen LogP contribution in [0.1, 0.15) is 22.8 Å². The molecule has 0 radical (unpaired) electrons. The van der Waals surface area contributed by atoms with Gasteiger partial charge in [-0.15, -0.1) is 0 Å². The number of hydrogen-bond acceptors (Lipinski definition) is 4. The third-order valence-electron chi connectivity index (χ3n) is 4.67. The lowest BCUT2D eigenvalue weighted by molar-refractivity contribution is -0.120. The van der Waals surface area contributed by atoms with Gasteiger partial charge >= 0.3 is 0 Å². The summed E-state index contributed by atoms with van der Waals surface area (Å²) in [4.78, 5) is 21.3. The molecule has 4 rings (SSSR count). The molecule has 1 N–H and O–H groups in total. The minimum absolute atomic E-state index is 0.0759. The van der Waals surface area contributed by atoms with Crippen LogP contribution >= 0.6 is 0 Å². The zero-order valence-corrected chi connectivity index (χ0v) is 16.0. The molecule has 3 aromatic heterocycles. The maximum Gasteiger partial charge on any atom is 0.226 e. The highest BCUT2D eigenvalue weighted by atomic mass is 16.4. The number of oxazole rings is 1. The van der Waals surface area contributed by atoms with Gasteiger partial charge in [-0.1, -0.05) is 23.8 Å². The molecule has 0 spiro atoms. The average Bonchev–Trinajstić information content (AvgIpc) is 3.26. The van der Waals surface area contributed by atoms with E-state index in [1.165, 1.54) is 0 Å². The third kappa shape index (κ3) is 3.81. The Bertz CT molecular complexity index is 1130. The van der Waals surface area contributed by atoms with E-state index in [1.807, 2.05) is 73.1 Å². The number of rotatable bonds is 6. The van der Waals surface area contributed by atoms with Crippen molar-refractivity contribution in [3.8, 4) is 11.5 Å². The van der Waals surface area contributed by atoms with Gasteiger partial charge in [-0.2, -0.15) is 0 Å². The van der Waals surface area contributed by atoms with Gasteiger partial charge in [0.2, 0.25) is 11.8 Å². The number of nitrogens with zero attached hydrogens (tertiary/aromatic N) is 3.